The van der Waals surface area contributed by atoms with E-state index in [0.29, 0.717) is 25.9 Å². The monoisotopic (exact) mass is 295 g/mol. The van der Waals surface area contributed by atoms with Crippen LogP contribution in [0.15, 0.2) is 0 Å². The molecular weight excluding hydrogens is 274 g/mol. The molecule has 7 heteroatoms. The Bertz CT molecular complexity index is 467. The highest BCUT2D eigenvalue weighted by Crippen LogP contribution is 2.37. The maximum absolute atomic E-state index is 12.6. The van der Waals surface area contributed by atoms with E-state index >= 15 is 0 Å². The second kappa shape index (κ2) is 5.29. The summed E-state index contributed by atoms with van der Waals surface area (Å²) in [7, 11) is 0. The number of ether oxygens (including phenoxy) is 1. The summed E-state index contributed by atoms with van der Waals surface area (Å²) in [6.45, 7) is 1.90. The fourth-order valence-corrected chi connectivity index (χ4v) is 3.64. The summed E-state index contributed by atoms with van der Waals surface area (Å²) >= 11 is 0. The molecule has 3 aliphatic rings. The number of carbonyl (C=O) groups is 3. The molecule has 1 spiro atoms. The van der Waals surface area contributed by atoms with Crippen LogP contribution in [0.1, 0.15) is 39.0 Å². The number of imide groups is 1. The zero-order valence-electron chi connectivity index (χ0n) is 12.2. The Morgan fingerprint density at radius 1 is 1.33 bits per heavy atom. The van der Waals surface area contributed by atoms with E-state index in [1.165, 1.54) is 0 Å². The molecule has 3 saturated heterocycles. The van der Waals surface area contributed by atoms with Gasteiger partial charge in [-0.3, -0.25) is 14.5 Å². The molecule has 2 bridgehead atoms. The number of nitrogens with zero attached hydrogens (tertiary/aromatic N) is 1. The molecule has 0 aliphatic carbocycles. The fraction of sp³-hybridized carbons (Fsp3) is 0.786. The summed E-state index contributed by atoms with van der Waals surface area (Å²) < 4.78 is 4.95. The van der Waals surface area contributed by atoms with Crippen molar-refractivity contribution in [3.8, 4) is 0 Å². The number of esters is 1. The van der Waals surface area contributed by atoms with Crippen molar-refractivity contribution < 1.29 is 19.1 Å². The van der Waals surface area contributed by atoms with Crippen molar-refractivity contribution in [3.63, 3.8) is 0 Å². The molecule has 0 saturated carbocycles. The number of fused-ring (bicyclic) bond motifs is 2. The van der Waals surface area contributed by atoms with Crippen LogP contribution in [-0.4, -0.2) is 53.6 Å². The van der Waals surface area contributed by atoms with E-state index in [1.54, 1.807) is 0 Å². The third-order valence-corrected chi connectivity index (χ3v) is 4.53. The highest BCUT2D eigenvalue weighted by molar-refractivity contribution is 6.08. The Morgan fingerprint density at radius 2 is 2.00 bits per heavy atom. The molecule has 3 amide bonds. The van der Waals surface area contributed by atoms with Crippen LogP contribution in [0, 0.1) is 0 Å². The molecule has 2 N–H and O–H groups in total. The summed E-state index contributed by atoms with van der Waals surface area (Å²) in [5, 5.41) is 6.27. The van der Waals surface area contributed by atoms with Gasteiger partial charge in [0.05, 0.1) is 6.61 Å². The largest absolute Gasteiger partial charge is 0.464 e. The number of urea groups is 1. The number of carbonyl (C=O) groups excluding carboxylic acids is 3. The number of rotatable bonds is 4. The topological polar surface area (TPSA) is 87.7 Å². The minimum absolute atomic E-state index is 0.278. The molecule has 7 nitrogen and oxygen atoms in total. The molecule has 0 aromatic heterocycles. The molecule has 21 heavy (non-hydrogen) atoms. The van der Waals surface area contributed by atoms with Crippen LogP contribution < -0.4 is 10.6 Å². The van der Waals surface area contributed by atoms with E-state index in [9.17, 15) is 14.4 Å². The highest BCUT2D eigenvalue weighted by atomic mass is 16.5. The molecule has 2 atom stereocenters. The lowest BCUT2D eigenvalue weighted by atomic mass is 9.84. The first kappa shape index (κ1) is 14.3. The Balaban J connectivity index is 1.69. The Labute approximate surface area is 123 Å². The quantitative estimate of drug-likeness (QED) is 0.569. The molecule has 0 aromatic carbocycles. The van der Waals surface area contributed by atoms with Crippen LogP contribution in [0.5, 0.6) is 0 Å². The van der Waals surface area contributed by atoms with E-state index in [0.717, 1.165) is 17.7 Å². The van der Waals surface area contributed by atoms with Crippen LogP contribution >= 0.6 is 0 Å². The maximum Gasteiger partial charge on any atom is 0.326 e. The van der Waals surface area contributed by atoms with E-state index in [2.05, 4.69) is 10.6 Å². The minimum atomic E-state index is -0.820. The Hall–Kier alpha value is -1.63. The second-order valence-electron chi connectivity index (χ2n) is 6.17. The van der Waals surface area contributed by atoms with Gasteiger partial charge in [0.15, 0.2) is 0 Å². The van der Waals surface area contributed by atoms with Gasteiger partial charge in [-0.05, 0) is 32.1 Å². The summed E-state index contributed by atoms with van der Waals surface area (Å²) in [4.78, 5) is 37.4. The number of amides is 3. The zero-order valence-corrected chi connectivity index (χ0v) is 12.2. The van der Waals surface area contributed by atoms with Crippen LogP contribution in [0.2, 0.25) is 0 Å². The van der Waals surface area contributed by atoms with Crippen molar-refractivity contribution in [3.05, 3.63) is 0 Å². The van der Waals surface area contributed by atoms with E-state index < -0.39 is 17.5 Å². The number of piperidine rings is 1. The van der Waals surface area contributed by atoms with Gasteiger partial charge in [-0.15, -0.1) is 0 Å². The Morgan fingerprint density at radius 3 is 2.62 bits per heavy atom. The van der Waals surface area contributed by atoms with Gasteiger partial charge in [-0.25, -0.2) is 4.79 Å². The lowest BCUT2D eigenvalue weighted by Gasteiger charge is -2.35. The van der Waals surface area contributed by atoms with E-state index in [1.807, 2.05) is 6.92 Å². The van der Waals surface area contributed by atoms with Gasteiger partial charge in [-0.2, -0.15) is 0 Å². The summed E-state index contributed by atoms with van der Waals surface area (Å²) in [6.07, 6.45) is 4.00. The molecule has 0 radical (unpaired) electrons. The normalized spacial score (nSPS) is 34.4. The fourth-order valence-electron chi connectivity index (χ4n) is 3.64. The molecule has 3 aliphatic heterocycles. The van der Waals surface area contributed by atoms with Crippen LogP contribution in [0.4, 0.5) is 4.79 Å². The molecule has 0 aromatic rings. The third kappa shape index (κ3) is 2.50. The van der Waals surface area contributed by atoms with Crippen LogP contribution in [0.3, 0.4) is 0 Å². The van der Waals surface area contributed by atoms with Crippen LogP contribution in [0.25, 0.3) is 0 Å². The van der Waals surface area contributed by atoms with Gasteiger partial charge in [0, 0.05) is 12.1 Å². The first-order valence-electron chi connectivity index (χ1n) is 7.60. The lowest BCUT2D eigenvalue weighted by molar-refractivity contribution is -0.148. The summed E-state index contributed by atoms with van der Waals surface area (Å²) in [5.41, 5.74) is -0.820. The van der Waals surface area contributed by atoms with Crippen molar-refractivity contribution in [1.29, 1.82) is 0 Å². The molecular formula is C14H21N3O4. The number of hydrogen-bond donors (Lipinski definition) is 2. The molecule has 3 heterocycles. The van der Waals surface area contributed by atoms with Gasteiger partial charge in [0.25, 0.3) is 5.91 Å². The first-order chi connectivity index (χ1) is 10.0. The van der Waals surface area contributed by atoms with Crippen molar-refractivity contribution in [1.82, 2.24) is 15.5 Å². The smallest absolute Gasteiger partial charge is 0.326 e. The predicted molar refractivity (Wildman–Crippen MR) is 73.4 cm³/mol. The Kier molecular flexibility index (Phi) is 3.61. The second-order valence-corrected chi connectivity index (χ2v) is 6.17. The number of hydrogen-bond acceptors (Lipinski definition) is 5. The zero-order chi connectivity index (χ0) is 15.0. The molecule has 116 valence electrons. The van der Waals surface area contributed by atoms with Crippen molar-refractivity contribution >= 4 is 17.9 Å². The average molecular weight is 295 g/mol. The minimum Gasteiger partial charge on any atom is -0.464 e. The van der Waals surface area contributed by atoms with E-state index in [-0.39, 0.29) is 24.5 Å². The van der Waals surface area contributed by atoms with E-state index in [4.69, 9.17) is 4.74 Å². The first-order valence-corrected chi connectivity index (χ1v) is 7.60. The van der Waals surface area contributed by atoms with Crippen LogP contribution in [-0.2, 0) is 14.3 Å². The SMILES string of the molecule is CCCOC(=O)CN1C(=O)NC2(CC3CCC(C2)N3)C1=O. The van der Waals surface area contributed by atoms with Gasteiger partial charge in [-0.1, -0.05) is 6.92 Å². The summed E-state index contributed by atoms with van der Waals surface area (Å²) in [5.74, 6) is -0.811. The van der Waals surface area contributed by atoms with Gasteiger partial charge in [0.1, 0.15) is 12.1 Å². The highest BCUT2D eigenvalue weighted by Gasteiger charge is 2.56. The average Bonchev–Trinajstić information content (AvgIpc) is 2.89. The van der Waals surface area contributed by atoms with Gasteiger partial charge < -0.3 is 15.4 Å². The number of nitrogens with one attached hydrogen (secondary N) is 2. The summed E-state index contributed by atoms with van der Waals surface area (Å²) in [6, 6.07) is 0.0785. The molecule has 3 fully saturated rings. The van der Waals surface area contributed by atoms with Gasteiger partial charge in [0.2, 0.25) is 0 Å². The van der Waals surface area contributed by atoms with Crippen molar-refractivity contribution in [2.75, 3.05) is 13.2 Å². The third-order valence-electron chi connectivity index (χ3n) is 4.53. The molecule has 2 unspecified atom stereocenters. The predicted octanol–water partition coefficient (Wildman–Crippen LogP) is 0.145. The standard InChI is InChI=1S/C14H21N3O4/c1-2-5-21-11(18)8-17-12(19)14(16-13(17)20)6-9-3-4-10(7-14)15-9/h9-10,15H,2-8H2,1H3,(H,16,20). The van der Waals surface area contributed by atoms with Crippen molar-refractivity contribution in [2.24, 2.45) is 0 Å². The maximum atomic E-state index is 12.6. The lowest BCUT2D eigenvalue weighted by Crippen LogP contribution is -2.57. The van der Waals surface area contributed by atoms with Crippen molar-refractivity contribution in [2.45, 2.75) is 56.7 Å². The molecule has 3 rings (SSSR count). The van der Waals surface area contributed by atoms with Gasteiger partial charge >= 0.3 is 12.0 Å².